The quantitative estimate of drug-likeness (QED) is 0.419. The maximum atomic E-state index is 11.7. The van der Waals surface area contributed by atoms with Crippen LogP contribution >= 0.6 is 0 Å². The molecule has 1 aliphatic carbocycles. The summed E-state index contributed by atoms with van der Waals surface area (Å²) in [6.45, 7) is 0.405. The van der Waals surface area contributed by atoms with Crippen molar-refractivity contribution in [2.24, 2.45) is 11.8 Å². The Morgan fingerprint density at radius 1 is 1.38 bits per heavy atom. The highest BCUT2D eigenvalue weighted by Crippen LogP contribution is 2.25. The lowest BCUT2D eigenvalue weighted by Gasteiger charge is -2.23. The number of carbonyl (C=O) groups excluding carboxylic acids is 1. The van der Waals surface area contributed by atoms with Gasteiger partial charge in [-0.3, -0.25) is 9.59 Å². The predicted octanol–water partition coefficient (Wildman–Crippen LogP) is 0.793. The first kappa shape index (κ1) is 12.3. The third-order valence-corrected chi connectivity index (χ3v) is 2.65. The molecule has 16 heavy (non-hydrogen) atoms. The molecular weight excluding hydrogens is 206 g/mol. The van der Waals surface area contributed by atoms with Gasteiger partial charge in [-0.05, 0) is 12.8 Å². The van der Waals surface area contributed by atoms with Gasteiger partial charge in [0.15, 0.2) is 0 Å². The van der Waals surface area contributed by atoms with Crippen LogP contribution < -0.4 is 5.32 Å². The summed E-state index contributed by atoms with van der Waals surface area (Å²) < 4.78 is 0. The number of carboxylic acids is 1. The number of hydrogen-bond acceptors (Lipinski definition) is 2. The summed E-state index contributed by atoms with van der Waals surface area (Å²) in [6, 6.07) is 0. The van der Waals surface area contributed by atoms with E-state index in [2.05, 4.69) is 11.2 Å². The van der Waals surface area contributed by atoms with E-state index in [9.17, 15) is 9.59 Å². The van der Waals surface area contributed by atoms with Crippen molar-refractivity contribution >= 4 is 11.9 Å². The van der Waals surface area contributed by atoms with E-state index in [4.69, 9.17) is 11.5 Å². The van der Waals surface area contributed by atoms with Gasteiger partial charge < -0.3 is 10.4 Å². The van der Waals surface area contributed by atoms with Gasteiger partial charge in [-0.25, -0.2) is 0 Å². The SMILES string of the molecule is C#CCCNC(=O)C1CC=CCC1C(=O)O. The number of amides is 1. The van der Waals surface area contributed by atoms with E-state index in [1.54, 1.807) is 0 Å². The molecule has 0 radical (unpaired) electrons. The lowest BCUT2D eigenvalue weighted by molar-refractivity contribution is -0.147. The van der Waals surface area contributed by atoms with Crippen LogP contribution in [0, 0.1) is 24.2 Å². The van der Waals surface area contributed by atoms with Crippen molar-refractivity contribution < 1.29 is 14.7 Å². The largest absolute Gasteiger partial charge is 0.481 e. The monoisotopic (exact) mass is 221 g/mol. The third-order valence-electron chi connectivity index (χ3n) is 2.65. The average molecular weight is 221 g/mol. The second-order valence-corrected chi connectivity index (χ2v) is 3.74. The van der Waals surface area contributed by atoms with Gasteiger partial charge in [0.05, 0.1) is 11.8 Å². The van der Waals surface area contributed by atoms with Crippen LogP contribution in [-0.2, 0) is 9.59 Å². The van der Waals surface area contributed by atoms with E-state index in [0.717, 1.165) is 0 Å². The van der Waals surface area contributed by atoms with Gasteiger partial charge in [-0.15, -0.1) is 12.3 Å². The van der Waals surface area contributed by atoms with Crippen LogP contribution in [0.25, 0.3) is 0 Å². The van der Waals surface area contributed by atoms with Crippen LogP contribution in [0.2, 0.25) is 0 Å². The van der Waals surface area contributed by atoms with Crippen molar-refractivity contribution in [2.45, 2.75) is 19.3 Å². The van der Waals surface area contributed by atoms with E-state index >= 15 is 0 Å². The first-order valence-corrected chi connectivity index (χ1v) is 5.25. The predicted molar refractivity (Wildman–Crippen MR) is 59.4 cm³/mol. The van der Waals surface area contributed by atoms with E-state index in [0.29, 0.717) is 25.8 Å². The molecule has 0 heterocycles. The average Bonchev–Trinajstić information content (AvgIpc) is 2.29. The molecule has 4 heteroatoms. The molecule has 0 fully saturated rings. The van der Waals surface area contributed by atoms with Crippen molar-refractivity contribution in [2.75, 3.05) is 6.54 Å². The first-order chi connectivity index (χ1) is 7.66. The van der Waals surface area contributed by atoms with Crippen LogP contribution in [0.15, 0.2) is 12.2 Å². The summed E-state index contributed by atoms with van der Waals surface area (Å²) in [7, 11) is 0. The van der Waals surface area contributed by atoms with Gasteiger partial charge in [0.25, 0.3) is 0 Å². The molecule has 0 aromatic rings. The van der Waals surface area contributed by atoms with Crippen molar-refractivity contribution in [3.63, 3.8) is 0 Å². The molecule has 2 N–H and O–H groups in total. The molecule has 2 atom stereocenters. The molecule has 0 bridgehead atoms. The fourth-order valence-corrected chi connectivity index (χ4v) is 1.77. The van der Waals surface area contributed by atoms with Gasteiger partial charge in [-0.2, -0.15) is 0 Å². The van der Waals surface area contributed by atoms with Gasteiger partial charge >= 0.3 is 5.97 Å². The number of allylic oxidation sites excluding steroid dienone is 2. The van der Waals surface area contributed by atoms with Crippen molar-refractivity contribution in [1.82, 2.24) is 5.32 Å². The zero-order chi connectivity index (χ0) is 12.0. The fourth-order valence-electron chi connectivity index (χ4n) is 1.77. The van der Waals surface area contributed by atoms with Crippen molar-refractivity contribution in [3.8, 4) is 12.3 Å². The summed E-state index contributed by atoms with van der Waals surface area (Å²) in [4.78, 5) is 22.7. The topological polar surface area (TPSA) is 66.4 Å². The van der Waals surface area contributed by atoms with Gasteiger partial charge in [0, 0.05) is 13.0 Å². The van der Waals surface area contributed by atoms with Gasteiger partial charge in [0.1, 0.15) is 0 Å². The maximum absolute atomic E-state index is 11.7. The van der Waals surface area contributed by atoms with E-state index < -0.39 is 17.8 Å². The molecule has 0 saturated heterocycles. The maximum Gasteiger partial charge on any atom is 0.307 e. The summed E-state index contributed by atoms with van der Waals surface area (Å²) in [5.41, 5.74) is 0. The number of rotatable bonds is 4. The summed E-state index contributed by atoms with van der Waals surface area (Å²) in [5.74, 6) is 0.197. The highest BCUT2D eigenvalue weighted by molar-refractivity contribution is 5.85. The van der Waals surface area contributed by atoms with Crippen LogP contribution in [0.5, 0.6) is 0 Å². The van der Waals surface area contributed by atoms with Crippen molar-refractivity contribution in [3.05, 3.63) is 12.2 Å². The van der Waals surface area contributed by atoms with Crippen LogP contribution in [0.3, 0.4) is 0 Å². The van der Waals surface area contributed by atoms with Crippen molar-refractivity contribution in [1.29, 1.82) is 0 Å². The minimum atomic E-state index is -0.915. The Morgan fingerprint density at radius 3 is 2.56 bits per heavy atom. The molecule has 0 saturated carbocycles. The second kappa shape index (κ2) is 5.96. The lowest BCUT2D eigenvalue weighted by Crippen LogP contribution is -2.39. The molecule has 1 rings (SSSR count). The molecule has 0 aromatic carbocycles. The summed E-state index contributed by atoms with van der Waals surface area (Å²) in [6.07, 6.45) is 10.1. The van der Waals surface area contributed by atoms with Crippen LogP contribution in [-0.4, -0.2) is 23.5 Å². The highest BCUT2D eigenvalue weighted by atomic mass is 16.4. The Hall–Kier alpha value is -1.76. The Kier molecular flexibility index (Phi) is 4.59. The van der Waals surface area contributed by atoms with Gasteiger partial charge in [0.2, 0.25) is 5.91 Å². The third kappa shape index (κ3) is 3.13. The van der Waals surface area contributed by atoms with E-state index in [1.807, 2.05) is 12.2 Å². The lowest BCUT2D eigenvalue weighted by atomic mass is 9.82. The minimum absolute atomic E-state index is 0.216. The fraction of sp³-hybridized carbons (Fsp3) is 0.500. The highest BCUT2D eigenvalue weighted by Gasteiger charge is 2.33. The second-order valence-electron chi connectivity index (χ2n) is 3.74. The Labute approximate surface area is 94.7 Å². The molecule has 1 amide bonds. The zero-order valence-corrected chi connectivity index (χ0v) is 8.98. The Balaban J connectivity index is 2.56. The number of nitrogens with one attached hydrogen (secondary N) is 1. The number of aliphatic carboxylic acids is 1. The summed E-state index contributed by atoms with van der Waals surface area (Å²) in [5, 5.41) is 11.6. The number of hydrogen-bond donors (Lipinski definition) is 2. The van der Waals surface area contributed by atoms with Crippen LogP contribution in [0.4, 0.5) is 0 Å². The molecule has 1 aliphatic rings. The van der Waals surface area contributed by atoms with E-state index in [1.165, 1.54) is 0 Å². The normalized spacial score (nSPS) is 23.4. The molecular formula is C12H15NO3. The number of carboxylic acid groups (broad SMARTS) is 1. The molecule has 2 unspecified atom stereocenters. The zero-order valence-electron chi connectivity index (χ0n) is 8.98. The van der Waals surface area contributed by atoms with Gasteiger partial charge in [-0.1, -0.05) is 12.2 Å². The molecule has 0 aromatic heterocycles. The minimum Gasteiger partial charge on any atom is -0.481 e. The molecule has 86 valence electrons. The van der Waals surface area contributed by atoms with Crippen LogP contribution in [0.1, 0.15) is 19.3 Å². The molecule has 0 aliphatic heterocycles. The molecule has 0 spiro atoms. The smallest absolute Gasteiger partial charge is 0.307 e. The van der Waals surface area contributed by atoms with E-state index in [-0.39, 0.29) is 5.91 Å². The number of carbonyl (C=O) groups is 2. The molecule has 4 nitrogen and oxygen atoms in total. The number of terminal acetylenes is 1. The Morgan fingerprint density at radius 2 is 2.00 bits per heavy atom. The summed E-state index contributed by atoms with van der Waals surface area (Å²) >= 11 is 0. The first-order valence-electron chi connectivity index (χ1n) is 5.25. The Bertz CT molecular complexity index is 341. The standard InChI is InChI=1S/C12H15NO3/c1-2-3-8-13-11(14)9-6-4-5-7-10(9)12(15)16/h1,4-5,9-10H,3,6-8H2,(H,13,14)(H,15,16).